The molecule has 2 heterocycles. The third-order valence-electron chi connectivity index (χ3n) is 7.71. The number of aromatic nitrogens is 1. The summed E-state index contributed by atoms with van der Waals surface area (Å²) in [4.78, 5) is 14.4. The zero-order valence-corrected chi connectivity index (χ0v) is 24.2. The number of thioether (sulfide) groups is 1. The summed E-state index contributed by atoms with van der Waals surface area (Å²) in [5, 5.41) is 13.2. The highest BCUT2D eigenvalue weighted by atomic mass is 32.2. The first-order valence-corrected chi connectivity index (χ1v) is 14.5. The van der Waals surface area contributed by atoms with Gasteiger partial charge in [-0.1, -0.05) is 48.5 Å². The Balaban J connectivity index is 1.79. The molecule has 226 valence electrons. The summed E-state index contributed by atoms with van der Waals surface area (Å²) in [6.07, 6.45) is -5.29. The number of pyridine rings is 1. The lowest BCUT2D eigenvalue weighted by Gasteiger charge is -2.28. The van der Waals surface area contributed by atoms with Crippen molar-refractivity contribution in [3.63, 3.8) is 0 Å². The van der Waals surface area contributed by atoms with Crippen LogP contribution in [0.5, 0.6) is 5.75 Å². The van der Waals surface area contributed by atoms with Crippen molar-refractivity contribution in [3.05, 3.63) is 117 Å². The van der Waals surface area contributed by atoms with Crippen molar-refractivity contribution < 1.29 is 31.8 Å². The first-order valence-electron chi connectivity index (χ1n) is 13.6. The summed E-state index contributed by atoms with van der Waals surface area (Å²) in [7, 11) is 1.29. The summed E-state index contributed by atoms with van der Waals surface area (Å²) in [6.45, 7) is 1.59. The van der Waals surface area contributed by atoms with Gasteiger partial charge in [0.05, 0.1) is 42.0 Å². The van der Waals surface area contributed by atoms with Crippen LogP contribution in [0.4, 0.5) is 22.0 Å². The topological polar surface area (TPSA) is 63.5 Å². The molecule has 2 N–H and O–H groups in total. The Morgan fingerprint density at radius 1 is 1.05 bits per heavy atom. The van der Waals surface area contributed by atoms with Crippen molar-refractivity contribution in [1.82, 2.24) is 9.88 Å². The third-order valence-corrected chi connectivity index (χ3v) is 8.93. The van der Waals surface area contributed by atoms with Gasteiger partial charge in [-0.2, -0.15) is 13.2 Å². The summed E-state index contributed by atoms with van der Waals surface area (Å²) in [6, 6.07) is 15.4. The Bertz CT molecular complexity index is 1690. The number of benzene rings is 3. The van der Waals surface area contributed by atoms with Crippen molar-refractivity contribution >= 4 is 11.8 Å². The van der Waals surface area contributed by atoms with Crippen molar-refractivity contribution in [2.75, 3.05) is 26.0 Å². The van der Waals surface area contributed by atoms with Crippen LogP contribution in [0.15, 0.2) is 76.6 Å². The van der Waals surface area contributed by atoms with Gasteiger partial charge in [0.1, 0.15) is 5.82 Å². The zero-order chi connectivity index (χ0) is 30.9. The lowest BCUT2D eigenvalue weighted by Crippen LogP contribution is -2.37. The number of halogens is 5. The van der Waals surface area contributed by atoms with Crippen LogP contribution in [0, 0.1) is 18.6 Å². The molecule has 43 heavy (non-hydrogen) atoms. The summed E-state index contributed by atoms with van der Waals surface area (Å²) >= 11 is 1.28. The molecule has 0 bridgehead atoms. The number of methoxy groups -OCH3 is 1. The normalized spacial score (nSPS) is 15.4. The molecule has 0 saturated heterocycles. The molecule has 0 spiro atoms. The van der Waals surface area contributed by atoms with Crippen LogP contribution in [-0.4, -0.2) is 35.7 Å². The summed E-state index contributed by atoms with van der Waals surface area (Å²) in [5.41, 5.74) is -0.933. The molecule has 1 aliphatic rings. The zero-order valence-electron chi connectivity index (χ0n) is 23.3. The van der Waals surface area contributed by atoms with Gasteiger partial charge >= 0.3 is 6.18 Å². The van der Waals surface area contributed by atoms with Crippen molar-refractivity contribution in [1.29, 1.82) is 0 Å². The molecular formula is C32H29F5N2O3S. The van der Waals surface area contributed by atoms with Crippen LogP contribution < -0.4 is 15.6 Å². The molecular weight excluding hydrogens is 587 g/mol. The van der Waals surface area contributed by atoms with E-state index in [0.717, 1.165) is 23.8 Å². The molecule has 5 nitrogen and oxygen atoms in total. The Labute approximate surface area is 249 Å². The van der Waals surface area contributed by atoms with Gasteiger partial charge in [-0.25, -0.2) is 8.78 Å². The van der Waals surface area contributed by atoms with E-state index in [-0.39, 0.29) is 35.6 Å². The summed E-state index contributed by atoms with van der Waals surface area (Å²) < 4.78 is 79.4. The van der Waals surface area contributed by atoms with Crippen LogP contribution >= 0.6 is 11.8 Å². The molecule has 3 aromatic carbocycles. The second kappa shape index (κ2) is 12.5. The van der Waals surface area contributed by atoms with Gasteiger partial charge in [-0.05, 0) is 41.8 Å². The van der Waals surface area contributed by atoms with E-state index in [4.69, 9.17) is 4.74 Å². The average molecular weight is 617 g/mol. The van der Waals surface area contributed by atoms with Crippen LogP contribution in [0.25, 0.3) is 11.1 Å². The minimum atomic E-state index is -4.82. The molecule has 1 aromatic heterocycles. The molecule has 0 aliphatic carbocycles. The van der Waals surface area contributed by atoms with E-state index >= 15 is 8.78 Å². The second-order valence-electron chi connectivity index (χ2n) is 10.2. The van der Waals surface area contributed by atoms with Crippen LogP contribution in [0.1, 0.15) is 39.9 Å². The predicted molar refractivity (Wildman–Crippen MR) is 156 cm³/mol. The average Bonchev–Trinajstić information content (AvgIpc) is 3.42. The van der Waals surface area contributed by atoms with Gasteiger partial charge in [-0.15, -0.1) is 11.8 Å². The minimum Gasteiger partial charge on any atom is -0.494 e. The number of aliphatic hydroxyl groups is 1. The summed E-state index contributed by atoms with van der Waals surface area (Å²) in [5.74, 6) is -1.57. The monoisotopic (exact) mass is 616 g/mol. The number of nitrogens with zero attached hydrogens (tertiary/aromatic N) is 1. The van der Waals surface area contributed by atoms with Crippen LogP contribution in [0.2, 0.25) is 0 Å². The van der Waals surface area contributed by atoms with E-state index < -0.39 is 53.0 Å². The molecule has 2 atom stereocenters. The highest BCUT2D eigenvalue weighted by Crippen LogP contribution is 2.45. The van der Waals surface area contributed by atoms with E-state index in [0.29, 0.717) is 16.3 Å². The highest BCUT2D eigenvalue weighted by molar-refractivity contribution is 7.99. The van der Waals surface area contributed by atoms with Gasteiger partial charge in [0, 0.05) is 29.8 Å². The molecule has 5 rings (SSSR count). The van der Waals surface area contributed by atoms with Crippen molar-refractivity contribution in [2.45, 2.75) is 36.6 Å². The maximum absolute atomic E-state index is 15.7. The second-order valence-corrected chi connectivity index (χ2v) is 11.2. The maximum atomic E-state index is 15.7. The largest absolute Gasteiger partial charge is 0.494 e. The number of ether oxygens (including phenoxy) is 1. The molecule has 2 unspecified atom stereocenters. The van der Waals surface area contributed by atoms with E-state index in [1.807, 2.05) is 30.3 Å². The predicted octanol–water partition coefficient (Wildman–Crippen LogP) is 6.69. The van der Waals surface area contributed by atoms with Gasteiger partial charge in [0.15, 0.2) is 11.6 Å². The molecule has 1 aliphatic heterocycles. The van der Waals surface area contributed by atoms with E-state index in [1.54, 1.807) is 6.92 Å². The standard InChI is InChI=1S/C32H29F5N2O3S/c1-18-21(16-22-23(32(35,36)37)11-7-12-24(22)33)31-39(30(41)27(18)20-10-6-13-26(42-2)28(20)34)25(17-43-31)29(38-14-15-40)19-8-4-3-5-9-19/h3-13,25,29,38,40H,14-17H2,1-2H3. The molecule has 0 saturated carbocycles. The fourth-order valence-electron chi connectivity index (χ4n) is 5.70. The van der Waals surface area contributed by atoms with E-state index in [9.17, 15) is 23.1 Å². The number of hydrogen-bond acceptors (Lipinski definition) is 5. The molecule has 4 aromatic rings. The lowest BCUT2D eigenvalue weighted by molar-refractivity contribution is -0.138. The smallest absolute Gasteiger partial charge is 0.416 e. The Kier molecular flexibility index (Phi) is 8.96. The van der Waals surface area contributed by atoms with Gasteiger partial charge in [-0.3, -0.25) is 9.36 Å². The maximum Gasteiger partial charge on any atom is 0.416 e. The van der Waals surface area contributed by atoms with Crippen molar-refractivity contribution in [3.8, 4) is 16.9 Å². The number of nitrogens with one attached hydrogen (secondary N) is 1. The Morgan fingerprint density at radius 2 is 1.77 bits per heavy atom. The molecule has 0 amide bonds. The number of hydrogen-bond donors (Lipinski definition) is 2. The van der Waals surface area contributed by atoms with Gasteiger partial charge in [0.2, 0.25) is 0 Å². The molecule has 0 fully saturated rings. The molecule has 11 heteroatoms. The highest BCUT2D eigenvalue weighted by Gasteiger charge is 2.38. The Morgan fingerprint density at radius 3 is 2.44 bits per heavy atom. The SMILES string of the molecule is COc1cccc(-c2c(C)c(Cc3c(F)cccc3C(F)(F)F)c3n(c2=O)C(C(NCCO)c2ccccc2)CS3)c1F. The Hall–Kier alpha value is -3.67. The van der Waals surface area contributed by atoms with Crippen LogP contribution in [0.3, 0.4) is 0 Å². The van der Waals surface area contributed by atoms with E-state index in [2.05, 4.69) is 5.32 Å². The first kappa shape index (κ1) is 30.8. The van der Waals surface area contributed by atoms with E-state index in [1.165, 1.54) is 41.6 Å². The number of fused-ring (bicyclic) bond motifs is 1. The molecule has 0 radical (unpaired) electrons. The number of alkyl halides is 3. The van der Waals surface area contributed by atoms with Crippen molar-refractivity contribution in [2.24, 2.45) is 0 Å². The third kappa shape index (κ3) is 5.81. The van der Waals surface area contributed by atoms with Gasteiger partial charge < -0.3 is 15.2 Å². The lowest BCUT2D eigenvalue weighted by atomic mass is 9.91. The quantitative estimate of drug-likeness (QED) is 0.205. The number of aliphatic hydroxyl groups excluding tert-OH is 1. The minimum absolute atomic E-state index is 0.0403. The van der Waals surface area contributed by atoms with Crippen LogP contribution in [-0.2, 0) is 12.6 Å². The number of rotatable bonds is 9. The fourth-order valence-corrected chi connectivity index (χ4v) is 7.12. The first-order chi connectivity index (χ1) is 20.6. The fraction of sp³-hybridized carbons (Fsp3) is 0.281. The van der Waals surface area contributed by atoms with Gasteiger partial charge in [0.25, 0.3) is 5.56 Å².